The fraction of sp³-hybridized carbons (Fsp3) is 0.282. The number of hydrogen-bond donors (Lipinski definition) is 0. The van der Waals surface area contributed by atoms with E-state index in [1.54, 1.807) is 18.2 Å². The van der Waals surface area contributed by atoms with Crippen LogP contribution in [0.2, 0.25) is 19.6 Å². The number of rotatable bonds is 6. The number of furan rings is 1. The maximum Gasteiger partial charge on any atom is 0.126 e. The quantitative estimate of drug-likeness (QED) is 0.125. The van der Waals surface area contributed by atoms with Gasteiger partial charge in [0.25, 0.3) is 0 Å². The zero-order valence-electron chi connectivity index (χ0n) is 30.8. The van der Waals surface area contributed by atoms with Gasteiger partial charge in [0, 0.05) is 49.4 Å². The maximum atomic E-state index is 13.5. The molecule has 0 fully saturated rings. The van der Waals surface area contributed by atoms with Gasteiger partial charge in [0.1, 0.15) is 11.4 Å². The molecule has 3 aromatic heterocycles. The molecular formula is C39H41FIrN2OSi-2. The topological polar surface area (TPSA) is 38.9 Å². The Labute approximate surface area is 287 Å². The van der Waals surface area contributed by atoms with E-state index in [2.05, 4.69) is 61.7 Å². The van der Waals surface area contributed by atoms with Crippen LogP contribution in [0.4, 0.5) is 4.39 Å². The number of fused-ring (bicyclic) bond motifs is 3. The SMILES string of the molecule is CC(C)Cc1ccnc(-c2[c-]ccc3c2oc2cc(F)ccc23)c1.[2H]C([2H])([2H])c1c[c-]c(-c2cc(C([2H])(C)C)c([Si](C)(C)C)cn2)cc1.[Ir]. The van der Waals surface area contributed by atoms with E-state index in [0.29, 0.717) is 17.1 Å². The zero-order valence-corrected chi connectivity index (χ0v) is 30.2. The van der Waals surface area contributed by atoms with Gasteiger partial charge in [0.05, 0.1) is 13.7 Å². The molecule has 45 heavy (non-hydrogen) atoms. The van der Waals surface area contributed by atoms with Crippen LogP contribution in [-0.2, 0) is 26.5 Å². The van der Waals surface area contributed by atoms with E-state index in [4.69, 9.17) is 9.90 Å². The molecule has 0 atom stereocenters. The third-order valence-electron chi connectivity index (χ3n) is 7.46. The van der Waals surface area contributed by atoms with Crippen molar-refractivity contribution in [3.05, 3.63) is 114 Å². The van der Waals surface area contributed by atoms with Crippen LogP contribution in [0, 0.1) is 30.7 Å². The number of pyridine rings is 2. The Hall–Kier alpha value is -3.44. The van der Waals surface area contributed by atoms with Gasteiger partial charge in [0.15, 0.2) is 0 Å². The number of nitrogens with zero attached hydrogens (tertiary/aromatic N) is 2. The molecule has 0 aliphatic carbocycles. The van der Waals surface area contributed by atoms with Crippen molar-refractivity contribution < 1.29 is 34.4 Å². The minimum Gasteiger partial charge on any atom is -0.500 e. The minimum atomic E-state index is -2.13. The second-order valence-corrected chi connectivity index (χ2v) is 17.9. The van der Waals surface area contributed by atoms with Crippen LogP contribution < -0.4 is 5.19 Å². The summed E-state index contributed by atoms with van der Waals surface area (Å²) in [5.74, 6) is -0.440. The van der Waals surface area contributed by atoms with E-state index in [1.807, 2.05) is 50.5 Å². The first-order chi connectivity index (χ1) is 22.4. The van der Waals surface area contributed by atoms with E-state index in [1.165, 1.54) is 28.9 Å². The number of hydrogen-bond acceptors (Lipinski definition) is 3. The van der Waals surface area contributed by atoms with Crippen LogP contribution in [0.3, 0.4) is 0 Å². The van der Waals surface area contributed by atoms with Crippen LogP contribution in [0.1, 0.15) is 55.8 Å². The monoisotopic (exact) mass is 797 g/mol. The normalized spacial score (nSPS) is 13.4. The first kappa shape index (κ1) is 29.0. The van der Waals surface area contributed by atoms with Crippen molar-refractivity contribution in [2.45, 2.75) is 66.5 Å². The van der Waals surface area contributed by atoms with Crippen LogP contribution in [-0.4, -0.2) is 18.0 Å². The van der Waals surface area contributed by atoms with Gasteiger partial charge in [-0.15, -0.1) is 53.6 Å². The van der Waals surface area contributed by atoms with E-state index in [-0.39, 0.29) is 31.5 Å². The third kappa shape index (κ3) is 8.05. The summed E-state index contributed by atoms with van der Waals surface area (Å²) in [6.45, 7) is 12.8. The molecule has 6 aromatic rings. The molecule has 3 heterocycles. The standard InChI is InChI=1S/C21H17FNO.C18H24NSi.Ir/c1-13(2)10-14-8-9-23-19(11-14)18-5-3-4-17-16-7-6-15(22)12-20(16)24-21(17)18;1-13(2)16-11-17(15-9-7-14(3)8-10-15)19-12-18(16)20(4,5)6;/h3-4,6-9,11-13H,10H2,1-2H3;7-9,11-13H,1-6H3;/q2*-1;/i;3D3,13D;. The summed E-state index contributed by atoms with van der Waals surface area (Å²) in [4.78, 5) is 9.05. The molecule has 0 amide bonds. The van der Waals surface area contributed by atoms with Crippen molar-refractivity contribution in [2.75, 3.05) is 0 Å². The molecule has 235 valence electrons. The average Bonchev–Trinajstić information content (AvgIpc) is 3.37. The summed E-state index contributed by atoms with van der Waals surface area (Å²) in [6.07, 6.45) is 4.71. The van der Waals surface area contributed by atoms with Gasteiger partial charge in [0.2, 0.25) is 0 Å². The molecular weight excluding hydrogens is 752 g/mol. The second-order valence-electron chi connectivity index (χ2n) is 12.8. The third-order valence-corrected chi connectivity index (χ3v) is 9.47. The van der Waals surface area contributed by atoms with Crippen LogP contribution in [0.15, 0.2) is 83.5 Å². The molecule has 6 heteroatoms. The molecule has 0 spiro atoms. The van der Waals surface area contributed by atoms with Crippen molar-refractivity contribution in [1.82, 2.24) is 9.97 Å². The van der Waals surface area contributed by atoms with E-state index in [0.717, 1.165) is 45.3 Å². The summed E-state index contributed by atoms with van der Waals surface area (Å²) in [5.41, 5.74) is 6.86. The molecule has 0 aliphatic heterocycles. The zero-order chi connectivity index (χ0) is 35.0. The summed E-state index contributed by atoms with van der Waals surface area (Å²) in [5, 5.41) is 3.04. The van der Waals surface area contributed by atoms with Gasteiger partial charge in [-0.2, -0.15) is 0 Å². The molecule has 0 N–H and O–H groups in total. The fourth-order valence-electron chi connectivity index (χ4n) is 5.31. The Morgan fingerprint density at radius 1 is 0.933 bits per heavy atom. The molecule has 1 radical (unpaired) electrons. The Balaban J connectivity index is 0.000000216. The van der Waals surface area contributed by atoms with Crippen LogP contribution in [0.5, 0.6) is 0 Å². The summed E-state index contributed by atoms with van der Waals surface area (Å²) in [6, 6.07) is 25.6. The second kappa shape index (κ2) is 14.3. The molecule has 0 saturated heterocycles. The first-order valence-electron chi connectivity index (χ1n) is 16.9. The van der Waals surface area contributed by atoms with E-state index < -0.39 is 20.8 Å². The Bertz CT molecular complexity index is 2060. The number of halogens is 1. The van der Waals surface area contributed by atoms with Gasteiger partial charge >= 0.3 is 0 Å². The van der Waals surface area contributed by atoms with Crippen molar-refractivity contribution >= 4 is 35.2 Å². The van der Waals surface area contributed by atoms with Gasteiger partial charge in [-0.05, 0) is 53.0 Å². The first-order valence-corrected chi connectivity index (χ1v) is 18.4. The molecule has 0 aliphatic rings. The average molecular weight is 797 g/mol. The van der Waals surface area contributed by atoms with Gasteiger partial charge < -0.3 is 14.4 Å². The van der Waals surface area contributed by atoms with E-state index >= 15 is 0 Å². The van der Waals surface area contributed by atoms with Crippen molar-refractivity contribution in [1.29, 1.82) is 0 Å². The summed E-state index contributed by atoms with van der Waals surface area (Å²) >= 11 is 0. The predicted molar refractivity (Wildman–Crippen MR) is 185 cm³/mol. The van der Waals surface area contributed by atoms with Crippen LogP contribution >= 0.6 is 0 Å². The van der Waals surface area contributed by atoms with Gasteiger partial charge in [-0.3, -0.25) is 0 Å². The largest absolute Gasteiger partial charge is 0.500 e. The summed E-state index contributed by atoms with van der Waals surface area (Å²) in [7, 11) is -1.61. The maximum absolute atomic E-state index is 13.5. The smallest absolute Gasteiger partial charge is 0.126 e. The molecule has 0 saturated carbocycles. The van der Waals surface area contributed by atoms with Crippen molar-refractivity contribution in [2.24, 2.45) is 5.92 Å². The molecule has 3 aromatic carbocycles. The fourth-order valence-corrected chi connectivity index (χ4v) is 6.90. The van der Waals surface area contributed by atoms with E-state index in [9.17, 15) is 4.39 Å². The summed E-state index contributed by atoms with van der Waals surface area (Å²) < 4.78 is 50.2. The Morgan fingerprint density at radius 3 is 2.40 bits per heavy atom. The predicted octanol–water partition coefficient (Wildman–Crippen LogP) is 10.3. The number of benzene rings is 3. The van der Waals surface area contributed by atoms with Gasteiger partial charge in [-0.25, -0.2) is 4.39 Å². The molecule has 6 rings (SSSR count). The molecule has 3 nitrogen and oxygen atoms in total. The number of aryl methyl sites for hydroxylation is 1. The van der Waals surface area contributed by atoms with Crippen molar-refractivity contribution in [3.8, 4) is 22.5 Å². The minimum absolute atomic E-state index is 0. The van der Waals surface area contributed by atoms with Crippen molar-refractivity contribution in [3.63, 3.8) is 0 Å². The molecule has 0 unspecified atom stereocenters. The number of aromatic nitrogens is 2. The Morgan fingerprint density at radius 2 is 1.73 bits per heavy atom. The molecule has 0 bridgehead atoms. The van der Waals surface area contributed by atoms with Crippen LogP contribution in [0.25, 0.3) is 44.5 Å². The Kier molecular flexibility index (Phi) is 9.23. The van der Waals surface area contributed by atoms with Gasteiger partial charge in [-0.1, -0.05) is 88.4 Å².